The van der Waals surface area contributed by atoms with Crippen LogP contribution in [-0.2, 0) is 10.0 Å². The highest BCUT2D eigenvalue weighted by atomic mass is 32.2. The number of rotatable bonds is 7. The summed E-state index contributed by atoms with van der Waals surface area (Å²) in [6.07, 6.45) is 7.45. The molecule has 1 saturated heterocycles. The summed E-state index contributed by atoms with van der Waals surface area (Å²) in [7, 11) is -3.83. The molecule has 0 unspecified atom stereocenters. The number of anilines is 1. The average molecular weight is 552 g/mol. The molecule has 4 aromatic rings. The van der Waals surface area contributed by atoms with Gasteiger partial charge in [-0.15, -0.1) is 15.3 Å². The molecule has 4 heterocycles. The molecule has 2 aliphatic rings. The monoisotopic (exact) mass is 551 g/mol. The van der Waals surface area contributed by atoms with Crippen LogP contribution in [0.4, 0.5) is 5.95 Å². The van der Waals surface area contributed by atoms with Gasteiger partial charge in [0.05, 0.1) is 17.1 Å². The summed E-state index contributed by atoms with van der Waals surface area (Å²) in [6, 6.07) is 6.38. The Morgan fingerprint density at radius 3 is 2.51 bits per heavy atom. The summed E-state index contributed by atoms with van der Waals surface area (Å²) in [5, 5.41) is 13.0. The molecule has 3 aromatic heterocycles. The van der Waals surface area contributed by atoms with Crippen LogP contribution in [0.3, 0.4) is 0 Å². The number of aromatic nitrogens is 7. The third-order valence-electron chi connectivity index (χ3n) is 7.24. The summed E-state index contributed by atoms with van der Waals surface area (Å²) in [5.41, 5.74) is 0.0358. The van der Waals surface area contributed by atoms with Crippen molar-refractivity contribution in [2.24, 2.45) is 0 Å². The van der Waals surface area contributed by atoms with Crippen molar-refractivity contribution in [2.75, 3.05) is 37.7 Å². The van der Waals surface area contributed by atoms with Gasteiger partial charge in [0.25, 0.3) is 5.56 Å². The number of aromatic amines is 1. The first-order valence-corrected chi connectivity index (χ1v) is 14.5. The summed E-state index contributed by atoms with van der Waals surface area (Å²) in [5.74, 6) is 2.02. The molecule has 0 radical (unpaired) electrons. The van der Waals surface area contributed by atoms with Gasteiger partial charge in [0.1, 0.15) is 5.75 Å². The quantitative estimate of drug-likeness (QED) is 0.360. The molecule has 0 amide bonds. The number of H-pyrrole nitrogens is 1. The molecule has 0 spiro atoms. The molecule has 1 aromatic carbocycles. The Hall–Kier alpha value is -3.91. The van der Waals surface area contributed by atoms with Crippen LogP contribution in [0.2, 0.25) is 0 Å². The first kappa shape index (κ1) is 25.4. The lowest BCUT2D eigenvalue weighted by molar-refractivity contribution is 0.341. The minimum absolute atomic E-state index is 0.0906. The molecule has 1 aliphatic heterocycles. The van der Waals surface area contributed by atoms with Crippen LogP contribution in [0.5, 0.6) is 5.75 Å². The first-order valence-electron chi connectivity index (χ1n) is 13.1. The van der Waals surface area contributed by atoms with Crippen LogP contribution in [0, 0.1) is 0 Å². The number of fused-ring (bicyclic) bond motifs is 1. The van der Waals surface area contributed by atoms with E-state index in [4.69, 9.17) is 4.74 Å². The number of hydrogen-bond donors (Lipinski definition) is 1. The van der Waals surface area contributed by atoms with E-state index in [1.165, 1.54) is 21.0 Å². The third-order valence-corrected chi connectivity index (χ3v) is 9.13. The first-order chi connectivity index (χ1) is 19.0. The minimum Gasteiger partial charge on any atom is -0.493 e. The van der Waals surface area contributed by atoms with Gasteiger partial charge in [0, 0.05) is 44.5 Å². The summed E-state index contributed by atoms with van der Waals surface area (Å²) < 4.78 is 36.1. The van der Waals surface area contributed by atoms with Gasteiger partial charge >= 0.3 is 0 Å². The summed E-state index contributed by atoms with van der Waals surface area (Å²) >= 11 is 0. The van der Waals surface area contributed by atoms with Crippen LogP contribution >= 0.6 is 0 Å². The highest BCUT2D eigenvalue weighted by molar-refractivity contribution is 7.89. The van der Waals surface area contributed by atoms with Gasteiger partial charge in [-0.2, -0.15) is 8.82 Å². The average Bonchev–Trinajstić information content (AvgIpc) is 3.64. The highest BCUT2D eigenvalue weighted by Gasteiger charge is 2.31. The van der Waals surface area contributed by atoms with E-state index in [1.54, 1.807) is 24.5 Å². The van der Waals surface area contributed by atoms with Gasteiger partial charge in [0.15, 0.2) is 11.6 Å². The van der Waals surface area contributed by atoms with E-state index < -0.39 is 15.6 Å². The molecule has 13 nitrogen and oxygen atoms in total. The normalized spacial score (nSPS) is 17.2. The Morgan fingerprint density at radius 1 is 1.05 bits per heavy atom. The Morgan fingerprint density at radius 2 is 1.79 bits per heavy atom. The van der Waals surface area contributed by atoms with Crippen LogP contribution < -0.4 is 15.2 Å². The van der Waals surface area contributed by atoms with Crippen molar-refractivity contribution in [1.29, 1.82) is 0 Å². The smallest absolute Gasteiger partial charge is 0.296 e. The van der Waals surface area contributed by atoms with Crippen LogP contribution in [0.25, 0.3) is 17.0 Å². The molecule has 1 saturated carbocycles. The van der Waals surface area contributed by atoms with E-state index in [0.717, 1.165) is 25.7 Å². The van der Waals surface area contributed by atoms with Gasteiger partial charge in [-0.25, -0.2) is 18.4 Å². The van der Waals surface area contributed by atoms with E-state index in [2.05, 4.69) is 30.2 Å². The Balaban J connectivity index is 1.35. The lowest BCUT2D eigenvalue weighted by Gasteiger charge is -2.34. The van der Waals surface area contributed by atoms with Crippen LogP contribution in [0.15, 0.2) is 46.3 Å². The van der Waals surface area contributed by atoms with Crippen molar-refractivity contribution in [2.45, 2.75) is 43.4 Å². The Bertz CT molecular complexity index is 1640. The SMILES string of the molecule is CCOc1ccc(S(=O)(=O)N2CCN(c3ncccn3)CC2)cc1-c1nn2c(C3CCCC3)nnc2c(=O)[nH]1. The maximum atomic E-state index is 13.7. The number of sulfonamides is 1. The maximum Gasteiger partial charge on any atom is 0.296 e. The van der Waals surface area contributed by atoms with Gasteiger partial charge in [0.2, 0.25) is 21.6 Å². The number of piperazine rings is 1. The van der Waals surface area contributed by atoms with E-state index in [1.807, 2.05) is 11.8 Å². The standard InChI is InChI=1S/C25H29N9O4S/c1-2-38-20-9-8-18(39(36,37)33-14-12-32(13-15-33)25-26-10-5-11-27-25)16-19(20)21-28-24(35)23-30-29-22(34(23)31-21)17-6-3-4-7-17/h5,8-11,16-17H,2-4,6-7,12-15H2,1H3,(H,28,31,35). The van der Waals surface area contributed by atoms with Crippen molar-refractivity contribution in [3.63, 3.8) is 0 Å². The predicted octanol–water partition coefficient (Wildman–Crippen LogP) is 1.84. The molecule has 39 heavy (non-hydrogen) atoms. The van der Waals surface area contributed by atoms with E-state index >= 15 is 0 Å². The van der Waals surface area contributed by atoms with E-state index in [0.29, 0.717) is 42.8 Å². The van der Waals surface area contributed by atoms with Crippen molar-refractivity contribution >= 4 is 21.6 Å². The summed E-state index contributed by atoms with van der Waals surface area (Å²) in [6.45, 7) is 3.70. The lowest BCUT2D eigenvalue weighted by atomic mass is 10.1. The van der Waals surface area contributed by atoms with Gasteiger partial charge in [-0.05, 0) is 44.0 Å². The fraction of sp³-hybridized carbons (Fsp3) is 0.440. The molecule has 14 heteroatoms. The summed E-state index contributed by atoms with van der Waals surface area (Å²) in [4.78, 5) is 26.3. The highest BCUT2D eigenvalue weighted by Crippen LogP contribution is 2.34. The van der Waals surface area contributed by atoms with Gasteiger partial charge in [-0.3, -0.25) is 4.79 Å². The van der Waals surface area contributed by atoms with E-state index in [-0.39, 0.29) is 35.4 Å². The maximum absolute atomic E-state index is 13.7. The second kappa shape index (κ2) is 10.3. The number of nitrogens with zero attached hydrogens (tertiary/aromatic N) is 8. The van der Waals surface area contributed by atoms with Crippen molar-refractivity contribution in [3.05, 3.63) is 52.8 Å². The molecule has 204 valence electrons. The van der Waals surface area contributed by atoms with Crippen molar-refractivity contribution in [3.8, 4) is 17.1 Å². The van der Waals surface area contributed by atoms with Crippen molar-refractivity contribution < 1.29 is 13.2 Å². The third kappa shape index (κ3) is 4.74. The largest absolute Gasteiger partial charge is 0.493 e. The fourth-order valence-electron chi connectivity index (χ4n) is 5.25. The number of hydrogen-bond acceptors (Lipinski definition) is 10. The number of benzene rings is 1. The second-order valence-electron chi connectivity index (χ2n) is 9.61. The molecule has 1 aliphatic carbocycles. The molecule has 6 rings (SSSR count). The van der Waals surface area contributed by atoms with E-state index in [9.17, 15) is 13.2 Å². The zero-order valence-electron chi connectivity index (χ0n) is 21.5. The molecule has 0 atom stereocenters. The van der Waals surface area contributed by atoms with Crippen LogP contribution in [0.1, 0.15) is 44.3 Å². The minimum atomic E-state index is -3.83. The number of ether oxygens (including phenoxy) is 1. The molecular formula is C25H29N9O4S. The van der Waals surface area contributed by atoms with Gasteiger partial charge < -0.3 is 14.6 Å². The van der Waals surface area contributed by atoms with Crippen LogP contribution in [-0.4, -0.2) is 80.3 Å². The van der Waals surface area contributed by atoms with Crippen molar-refractivity contribution in [1.82, 2.24) is 39.1 Å². The molecule has 0 bridgehead atoms. The lowest BCUT2D eigenvalue weighted by Crippen LogP contribution is -2.49. The number of nitrogens with one attached hydrogen (secondary N) is 1. The topological polar surface area (TPSA) is 152 Å². The Labute approximate surface area is 224 Å². The zero-order chi connectivity index (χ0) is 27.0. The van der Waals surface area contributed by atoms with Gasteiger partial charge in [-0.1, -0.05) is 12.8 Å². The predicted molar refractivity (Wildman–Crippen MR) is 142 cm³/mol. The zero-order valence-corrected chi connectivity index (χ0v) is 22.3. The molecule has 1 N–H and O–H groups in total. The molecule has 2 fully saturated rings. The second-order valence-corrected chi connectivity index (χ2v) is 11.5. The fourth-order valence-corrected chi connectivity index (χ4v) is 6.70. The molecular weight excluding hydrogens is 522 g/mol. The Kier molecular flexibility index (Phi) is 6.73.